The molecule has 0 atom stereocenters. The van der Waals surface area contributed by atoms with Crippen molar-refractivity contribution in [2.75, 3.05) is 0 Å². The van der Waals surface area contributed by atoms with Crippen molar-refractivity contribution < 1.29 is 5.11 Å². The third kappa shape index (κ3) is 4.23. The van der Waals surface area contributed by atoms with Crippen molar-refractivity contribution in [3.63, 3.8) is 0 Å². The number of aromatic amines is 2. The van der Waals surface area contributed by atoms with Crippen LogP contribution < -0.4 is 0 Å². The largest absolute Gasteiger partial charge is 0.378 e. The summed E-state index contributed by atoms with van der Waals surface area (Å²) in [5.41, 5.74) is 6.90. The Bertz CT molecular complexity index is 1700. The first-order valence-corrected chi connectivity index (χ1v) is 13.2. The lowest BCUT2D eigenvalue weighted by molar-refractivity contribution is 0.143. The van der Waals surface area contributed by atoms with E-state index in [-0.39, 0.29) is 10.8 Å². The van der Waals surface area contributed by atoms with Gasteiger partial charge in [0.15, 0.2) is 0 Å². The number of rotatable bonds is 0. The smallest absolute Gasteiger partial charge is 0.120 e. The van der Waals surface area contributed by atoms with Gasteiger partial charge in [0.2, 0.25) is 0 Å². The third-order valence-corrected chi connectivity index (χ3v) is 7.60. The van der Waals surface area contributed by atoms with Crippen LogP contribution in [0.15, 0.2) is 36.4 Å². The number of halogens is 1. The average Bonchev–Trinajstić information content (AvgIpc) is 3.29. The van der Waals surface area contributed by atoms with E-state index in [0.717, 1.165) is 27.5 Å². The fourth-order valence-electron chi connectivity index (χ4n) is 4.68. The van der Waals surface area contributed by atoms with Gasteiger partial charge in [-0.25, -0.2) is 0 Å². The monoisotopic (exact) mass is 576 g/mol. The Kier molecular flexibility index (Phi) is 5.36. The molecule has 0 bridgehead atoms. The summed E-state index contributed by atoms with van der Waals surface area (Å²) in [6.07, 6.45) is 0. The Morgan fingerprint density at radius 3 is 1.66 bits per heavy atom. The van der Waals surface area contributed by atoms with Crippen molar-refractivity contribution in [2.24, 2.45) is 0 Å². The van der Waals surface area contributed by atoms with Crippen LogP contribution in [0.25, 0.3) is 43.6 Å². The SMILES string of the molecule is CC(C)(O)C#Cc1cc(C(C)(C)C)cc2c1[nH]c1c2ccc2c3cc(C(C)(C)C)cc(I)c3[nH]c21. The first kappa shape index (κ1) is 24.2. The lowest BCUT2D eigenvalue weighted by Crippen LogP contribution is -2.14. The molecule has 4 heteroatoms. The normalized spacial score (nSPS) is 13.2. The molecule has 0 spiro atoms. The summed E-state index contributed by atoms with van der Waals surface area (Å²) in [4.78, 5) is 7.45. The minimum atomic E-state index is -1.05. The summed E-state index contributed by atoms with van der Waals surface area (Å²) in [5, 5.41) is 15.1. The molecule has 0 unspecified atom stereocenters. The molecule has 2 aromatic heterocycles. The lowest BCUT2D eigenvalue weighted by Gasteiger charge is -2.20. The van der Waals surface area contributed by atoms with Gasteiger partial charge in [-0.2, -0.15) is 0 Å². The van der Waals surface area contributed by atoms with Crippen LogP contribution in [0.1, 0.15) is 72.1 Å². The quantitative estimate of drug-likeness (QED) is 0.126. The summed E-state index contributed by atoms with van der Waals surface area (Å²) in [5.74, 6) is 6.28. The maximum Gasteiger partial charge on any atom is 0.120 e. The van der Waals surface area contributed by atoms with E-state index >= 15 is 0 Å². The molecule has 0 amide bonds. The Hall–Kier alpha value is -2.49. The molecule has 0 saturated heterocycles. The van der Waals surface area contributed by atoms with E-state index in [2.05, 4.69) is 122 Å². The number of H-pyrrole nitrogens is 2. The topological polar surface area (TPSA) is 51.8 Å². The van der Waals surface area contributed by atoms with Crippen molar-refractivity contribution in [2.45, 2.75) is 71.8 Å². The van der Waals surface area contributed by atoms with Gasteiger partial charge in [0.05, 0.1) is 22.1 Å². The van der Waals surface area contributed by atoms with E-state index in [1.54, 1.807) is 13.8 Å². The van der Waals surface area contributed by atoms with E-state index in [1.807, 2.05) is 0 Å². The summed E-state index contributed by atoms with van der Waals surface area (Å²) < 4.78 is 1.23. The second-order valence-electron chi connectivity index (χ2n) is 12.3. The Balaban J connectivity index is 1.89. The highest BCUT2D eigenvalue weighted by Gasteiger charge is 2.21. The van der Waals surface area contributed by atoms with Gasteiger partial charge in [0.25, 0.3) is 0 Å². The number of aliphatic hydroxyl groups is 1. The van der Waals surface area contributed by atoms with Crippen LogP contribution in [-0.2, 0) is 10.8 Å². The summed E-state index contributed by atoms with van der Waals surface area (Å²) in [7, 11) is 0. The lowest BCUT2D eigenvalue weighted by atomic mass is 9.85. The van der Waals surface area contributed by atoms with E-state index in [4.69, 9.17) is 0 Å². The molecule has 3 nitrogen and oxygen atoms in total. The van der Waals surface area contributed by atoms with Crippen LogP contribution in [0.4, 0.5) is 0 Å². The zero-order valence-electron chi connectivity index (χ0n) is 21.8. The van der Waals surface area contributed by atoms with Crippen molar-refractivity contribution in [1.82, 2.24) is 9.97 Å². The molecule has 35 heavy (non-hydrogen) atoms. The number of nitrogens with one attached hydrogen (secondary N) is 2. The van der Waals surface area contributed by atoms with E-state index in [0.29, 0.717) is 0 Å². The first-order valence-electron chi connectivity index (χ1n) is 12.1. The van der Waals surface area contributed by atoms with E-state index in [9.17, 15) is 5.11 Å². The van der Waals surface area contributed by atoms with Crippen molar-refractivity contribution in [3.05, 3.63) is 56.7 Å². The van der Waals surface area contributed by atoms with Crippen LogP contribution in [-0.4, -0.2) is 20.7 Å². The minimum absolute atomic E-state index is 0.0202. The average molecular weight is 577 g/mol. The molecule has 5 aromatic rings. The number of hydrogen-bond donors (Lipinski definition) is 3. The summed E-state index contributed by atoms with van der Waals surface area (Å²) in [6.45, 7) is 16.9. The second-order valence-corrected chi connectivity index (χ2v) is 13.5. The maximum absolute atomic E-state index is 10.3. The summed E-state index contributed by atoms with van der Waals surface area (Å²) >= 11 is 2.45. The Labute approximate surface area is 220 Å². The highest BCUT2D eigenvalue weighted by Crippen LogP contribution is 2.39. The van der Waals surface area contributed by atoms with Gasteiger partial charge in [-0.15, -0.1) is 0 Å². The highest BCUT2D eigenvalue weighted by atomic mass is 127. The molecule has 180 valence electrons. The molecule has 0 aliphatic heterocycles. The van der Waals surface area contributed by atoms with Gasteiger partial charge >= 0.3 is 0 Å². The molecule has 5 rings (SSSR count). The van der Waals surface area contributed by atoms with Crippen LogP contribution in [0.5, 0.6) is 0 Å². The maximum atomic E-state index is 10.3. The fourth-order valence-corrected chi connectivity index (χ4v) is 5.44. The highest BCUT2D eigenvalue weighted by molar-refractivity contribution is 14.1. The van der Waals surface area contributed by atoms with Crippen LogP contribution in [0, 0.1) is 15.4 Å². The van der Waals surface area contributed by atoms with Gasteiger partial charge in [-0.05, 0) is 82.7 Å². The van der Waals surface area contributed by atoms with Gasteiger partial charge in [-0.1, -0.05) is 65.5 Å². The summed E-state index contributed by atoms with van der Waals surface area (Å²) in [6, 6.07) is 13.6. The van der Waals surface area contributed by atoms with E-state index < -0.39 is 5.60 Å². The third-order valence-electron chi connectivity index (χ3n) is 6.75. The molecule has 0 aliphatic rings. The molecular formula is C31H33IN2O. The zero-order valence-corrected chi connectivity index (χ0v) is 23.9. The number of fused-ring (bicyclic) bond motifs is 7. The predicted molar refractivity (Wildman–Crippen MR) is 158 cm³/mol. The predicted octanol–water partition coefficient (Wildman–Crippen LogP) is 8.28. The van der Waals surface area contributed by atoms with Gasteiger partial charge in [-0.3, -0.25) is 0 Å². The second kappa shape index (κ2) is 7.75. The first-order chi connectivity index (χ1) is 16.1. The van der Waals surface area contributed by atoms with Crippen molar-refractivity contribution >= 4 is 66.2 Å². The molecule has 3 N–H and O–H groups in total. The van der Waals surface area contributed by atoms with E-state index in [1.165, 1.54) is 36.4 Å². The van der Waals surface area contributed by atoms with Crippen molar-refractivity contribution in [3.8, 4) is 11.8 Å². The van der Waals surface area contributed by atoms with Crippen LogP contribution in [0.3, 0.4) is 0 Å². The molecule has 2 heterocycles. The Morgan fingerprint density at radius 1 is 0.657 bits per heavy atom. The number of hydrogen-bond acceptors (Lipinski definition) is 1. The molecule has 0 fully saturated rings. The molecule has 0 saturated carbocycles. The molecule has 3 aromatic carbocycles. The molecule has 0 radical (unpaired) electrons. The van der Waals surface area contributed by atoms with Crippen LogP contribution in [0.2, 0.25) is 0 Å². The number of benzene rings is 3. The zero-order chi connectivity index (χ0) is 25.5. The van der Waals surface area contributed by atoms with Gasteiger partial charge in [0, 0.05) is 30.7 Å². The molecule has 0 aliphatic carbocycles. The standard InChI is InChI=1S/C31H33IN2O/c1-29(2,3)18-13-17(11-12-31(7,8)35)25-22(14-18)20-9-10-21-23-15-19(30(4,5)6)16-24(32)26(23)34-28(21)27(20)33-25/h9-10,13-16,33-35H,1-8H3. The van der Waals surface area contributed by atoms with Gasteiger partial charge in [0.1, 0.15) is 5.60 Å². The van der Waals surface area contributed by atoms with Crippen LogP contribution >= 0.6 is 22.6 Å². The Morgan fingerprint density at radius 2 is 1.14 bits per heavy atom. The van der Waals surface area contributed by atoms with Crippen molar-refractivity contribution in [1.29, 1.82) is 0 Å². The van der Waals surface area contributed by atoms with Gasteiger partial charge < -0.3 is 15.1 Å². The fraction of sp³-hybridized carbons (Fsp3) is 0.355. The number of aromatic nitrogens is 2. The minimum Gasteiger partial charge on any atom is -0.378 e. The molecular weight excluding hydrogens is 543 g/mol.